The molecule has 0 spiro atoms. The minimum atomic E-state index is -0.641. The van der Waals surface area contributed by atoms with Crippen LogP contribution in [0.1, 0.15) is 28.9 Å². The highest BCUT2D eigenvalue weighted by Gasteiger charge is 2.11. The van der Waals surface area contributed by atoms with Gasteiger partial charge in [-0.2, -0.15) is 0 Å². The molecule has 0 aliphatic rings. The van der Waals surface area contributed by atoms with Crippen molar-refractivity contribution in [2.45, 2.75) is 13.0 Å². The van der Waals surface area contributed by atoms with Crippen LogP contribution in [0.15, 0.2) is 48.5 Å². The standard InChI is InChI=1S/C15H16N2O2/c1-10(18)13-7-2-3-8-14(13)17-15(19)11-5-4-6-12(16)9-11/h2-10,18H,16H2,1H3,(H,17,19). The van der Waals surface area contributed by atoms with E-state index in [2.05, 4.69) is 5.32 Å². The zero-order valence-electron chi connectivity index (χ0n) is 10.6. The van der Waals surface area contributed by atoms with Crippen LogP contribution in [0, 0.1) is 0 Å². The van der Waals surface area contributed by atoms with E-state index in [1.165, 1.54) is 0 Å². The fraction of sp³-hybridized carbons (Fsp3) is 0.133. The summed E-state index contributed by atoms with van der Waals surface area (Å²) in [6.07, 6.45) is -0.641. The Hall–Kier alpha value is -2.33. The summed E-state index contributed by atoms with van der Waals surface area (Å²) in [5.41, 5.74) is 7.95. The van der Waals surface area contributed by atoms with Gasteiger partial charge in [0.15, 0.2) is 0 Å². The summed E-state index contributed by atoms with van der Waals surface area (Å²) in [5, 5.41) is 12.4. The maximum Gasteiger partial charge on any atom is 0.255 e. The highest BCUT2D eigenvalue weighted by Crippen LogP contribution is 2.22. The SMILES string of the molecule is CC(O)c1ccccc1NC(=O)c1cccc(N)c1. The number of aliphatic hydroxyl groups is 1. The average molecular weight is 256 g/mol. The largest absolute Gasteiger partial charge is 0.399 e. The Morgan fingerprint density at radius 2 is 1.95 bits per heavy atom. The van der Waals surface area contributed by atoms with E-state index >= 15 is 0 Å². The molecule has 19 heavy (non-hydrogen) atoms. The number of benzene rings is 2. The average Bonchev–Trinajstić information content (AvgIpc) is 2.39. The van der Waals surface area contributed by atoms with Crippen LogP contribution in [0.2, 0.25) is 0 Å². The Kier molecular flexibility index (Phi) is 3.82. The number of carbonyl (C=O) groups excluding carboxylic acids is 1. The molecule has 0 saturated carbocycles. The molecule has 2 rings (SSSR count). The lowest BCUT2D eigenvalue weighted by molar-refractivity contribution is 0.102. The van der Waals surface area contributed by atoms with Crippen molar-refractivity contribution in [1.29, 1.82) is 0 Å². The fourth-order valence-electron chi connectivity index (χ4n) is 1.85. The summed E-state index contributed by atoms with van der Waals surface area (Å²) in [6, 6.07) is 13.9. The van der Waals surface area contributed by atoms with Crippen molar-refractivity contribution in [2.75, 3.05) is 11.1 Å². The first kappa shape index (κ1) is 13.1. The number of nitrogens with two attached hydrogens (primary N) is 1. The van der Waals surface area contributed by atoms with E-state index in [0.29, 0.717) is 22.5 Å². The number of nitrogens with one attached hydrogen (secondary N) is 1. The fourth-order valence-corrected chi connectivity index (χ4v) is 1.85. The van der Waals surface area contributed by atoms with Crippen LogP contribution in [-0.4, -0.2) is 11.0 Å². The van der Waals surface area contributed by atoms with Crippen LogP contribution in [0.4, 0.5) is 11.4 Å². The van der Waals surface area contributed by atoms with Gasteiger partial charge in [-0.05, 0) is 31.2 Å². The van der Waals surface area contributed by atoms with Gasteiger partial charge in [0, 0.05) is 22.5 Å². The molecular formula is C15H16N2O2. The second-order valence-electron chi connectivity index (χ2n) is 4.34. The van der Waals surface area contributed by atoms with Crippen LogP contribution in [-0.2, 0) is 0 Å². The van der Waals surface area contributed by atoms with Gasteiger partial charge in [0.1, 0.15) is 0 Å². The molecule has 0 bridgehead atoms. The molecule has 1 unspecified atom stereocenters. The predicted octanol–water partition coefficient (Wildman–Crippen LogP) is 2.57. The molecule has 0 aliphatic heterocycles. The van der Waals surface area contributed by atoms with Gasteiger partial charge in [-0.3, -0.25) is 4.79 Å². The number of hydrogen-bond donors (Lipinski definition) is 3. The third-order valence-corrected chi connectivity index (χ3v) is 2.81. The maximum atomic E-state index is 12.1. The number of carbonyl (C=O) groups is 1. The summed E-state index contributed by atoms with van der Waals surface area (Å²) in [7, 11) is 0. The zero-order valence-corrected chi connectivity index (χ0v) is 10.6. The molecule has 0 aliphatic carbocycles. The summed E-state index contributed by atoms with van der Waals surface area (Å²) in [5.74, 6) is -0.250. The topological polar surface area (TPSA) is 75.3 Å². The highest BCUT2D eigenvalue weighted by molar-refractivity contribution is 6.05. The number of anilines is 2. The second kappa shape index (κ2) is 5.54. The number of amides is 1. The predicted molar refractivity (Wildman–Crippen MR) is 75.9 cm³/mol. The molecule has 98 valence electrons. The van der Waals surface area contributed by atoms with Crippen molar-refractivity contribution in [3.8, 4) is 0 Å². The molecule has 0 fully saturated rings. The van der Waals surface area contributed by atoms with E-state index in [1.807, 2.05) is 6.07 Å². The molecule has 1 amide bonds. The second-order valence-corrected chi connectivity index (χ2v) is 4.34. The number of hydrogen-bond acceptors (Lipinski definition) is 3. The van der Waals surface area contributed by atoms with Crippen LogP contribution >= 0.6 is 0 Å². The Bertz CT molecular complexity index is 594. The number of para-hydroxylation sites is 1. The van der Waals surface area contributed by atoms with E-state index in [9.17, 15) is 9.90 Å². The number of aliphatic hydroxyl groups excluding tert-OH is 1. The summed E-state index contributed by atoms with van der Waals surface area (Å²) in [4.78, 5) is 12.1. The first-order valence-corrected chi connectivity index (χ1v) is 6.02. The van der Waals surface area contributed by atoms with E-state index in [1.54, 1.807) is 49.4 Å². The van der Waals surface area contributed by atoms with E-state index in [-0.39, 0.29) is 5.91 Å². The quantitative estimate of drug-likeness (QED) is 0.739. The molecule has 2 aromatic rings. The molecule has 0 aromatic heterocycles. The molecule has 4 heteroatoms. The minimum absolute atomic E-state index is 0.250. The van der Waals surface area contributed by atoms with Crippen LogP contribution in [0.3, 0.4) is 0 Å². The van der Waals surface area contributed by atoms with Crippen LogP contribution in [0.25, 0.3) is 0 Å². The van der Waals surface area contributed by atoms with Crippen molar-refractivity contribution >= 4 is 17.3 Å². The van der Waals surface area contributed by atoms with Gasteiger partial charge in [0.25, 0.3) is 5.91 Å². The normalized spacial score (nSPS) is 11.9. The molecular weight excluding hydrogens is 240 g/mol. The van der Waals surface area contributed by atoms with E-state index in [4.69, 9.17) is 5.73 Å². The lowest BCUT2D eigenvalue weighted by atomic mass is 10.1. The van der Waals surface area contributed by atoms with Gasteiger partial charge >= 0.3 is 0 Å². The smallest absolute Gasteiger partial charge is 0.255 e. The van der Waals surface area contributed by atoms with Gasteiger partial charge in [0.2, 0.25) is 0 Å². The van der Waals surface area contributed by atoms with Crippen molar-refractivity contribution in [2.24, 2.45) is 0 Å². The van der Waals surface area contributed by atoms with Gasteiger partial charge in [-0.1, -0.05) is 24.3 Å². The van der Waals surface area contributed by atoms with Crippen molar-refractivity contribution in [1.82, 2.24) is 0 Å². The van der Waals surface area contributed by atoms with Gasteiger partial charge in [-0.15, -0.1) is 0 Å². The lowest BCUT2D eigenvalue weighted by Gasteiger charge is -2.13. The molecule has 2 aromatic carbocycles. The third kappa shape index (κ3) is 3.11. The van der Waals surface area contributed by atoms with Crippen molar-refractivity contribution in [3.63, 3.8) is 0 Å². The molecule has 0 saturated heterocycles. The Morgan fingerprint density at radius 1 is 1.21 bits per heavy atom. The summed E-state index contributed by atoms with van der Waals surface area (Å²) >= 11 is 0. The molecule has 1 atom stereocenters. The zero-order chi connectivity index (χ0) is 13.8. The van der Waals surface area contributed by atoms with Crippen LogP contribution < -0.4 is 11.1 Å². The molecule has 4 N–H and O–H groups in total. The van der Waals surface area contributed by atoms with Gasteiger partial charge in [-0.25, -0.2) is 0 Å². The van der Waals surface area contributed by atoms with E-state index < -0.39 is 6.10 Å². The summed E-state index contributed by atoms with van der Waals surface area (Å²) in [6.45, 7) is 1.66. The van der Waals surface area contributed by atoms with E-state index in [0.717, 1.165) is 0 Å². The summed E-state index contributed by atoms with van der Waals surface area (Å²) < 4.78 is 0. The number of nitrogen functional groups attached to an aromatic ring is 1. The minimum Gasteiger partial charge on any atom is -0.399 e. The lowest BCUT2D eigenvalue weighted by Crippen LogP contribution is -2.14. The monoisotopic (exact) mass is 256 g/mol. The highest BCUT2D eigenvalue weighted by atomic mass is 16.3. The van der Waals surface area contributed by atoms with Crippen molar-refractivity contribution in [3.05, 3.63) is 59.7 Å². The van der Waals surface area contributed by atoms with Crippen molar-refractivity contribution < 1.29 is 9.90 Å². The Morgan fingerprint density at radius 3 is 2.63 bits per heavy atom. The molecule has 4 nitrogen and oxygen atoms in total. The Balaban J connectivity index is 2.24. The third-order valence-electron chi connectivity index (χ3n) is 2.81. The molecule has 0 heterocycles. The van der Waals surface area contributed by atoms with Gasteiger partial charge < -0.3 is 16.2 Å². The number of rotatable bonds is 3. The first-order chi connectivity index (χ1) is 9.08. The Labute approximate surface area is 111 Å². The first-order valence-electron chi connectivity index (χ1n) is 6.02. The van der Waals surface area contributed by atoms with Gasteiger partial charge in [0.05, 0.1) is 6.10 Å². The maximum absolute atomic E-state index is 12.1. The van der Waals surface area contributed by atoms with Crippen LogP contribution in [0.5, 0.6) is 0 Å². The molecule has 0 radical (unpaired) electrons.